The van der Waals surface area contributed by atoms with E-state index in [4.69, 9.17) is 4.42 Å². The van der Waals surface area contributed by atoms with Crippen LogP contribution >= 0.6 is 0 Å². The molecule has 0 spiro atoms. The maximum absolute atomic E-state index is 9.48. The number of β-amino-alcohol motifs (C(OH)–C–C–N with tert-alkyl or cyclic N) is 1. The number of nitrogens with one attached hydrogen (secondary N) is 1. The fraction of sp³-hybridized carbons (Fsp3) is 0.556. The van der Waals surface area contributed by atoms with Crippen molar-refractivity contribution in [1.82, 2.24) is 5.32 Å². The van der Waals surface area contributed by atoms with Crippen LogP contribution in [0.3, 0.4) is 0 Å². The number of aliphatic hydroxyl groups is 1. The lowest BCUT2D eigenvalue weighted by molar-refractivity contribution is 0.144. The van der Waals surface area contributed by atoms with Gasteiger partial charge < -0.3 is 14.8 Å². The molecule has 0 aliphatic carbocycles. The molecule has 1 aliphatic heterocycles. The Labute approximate surface area is 71.4 Å². The Balaban J connectivity index is 1.95. The molecule has 1 fully saturated rings. The third-order valence-electron chi connectivity index (χ3n) is 2.35. The lowest BCUT2D eigenvalue weighted by Gasteiger charge is -2.10. The molecular formula is C9H13NO2. The van der Waals surface area contributed by atoms with Gasteiger partial charge in [0.25, 0.3) is 0 Å². The molecule has 12 heavy (non-hydrogen) atoms. The van der Waals surface area contributed by atoms with E-state index in [0.717, 1.165) is 18.7 Å². The highest BCUT2D eigenvalue weighted by Crippen LogP contribution is 2.15. The van der Waals surface area contributed by atoms with Crippen LogP contribution in [0.5, 0.6) is 0 Å². The number of hydrogen-bond acceptors (Lipinski definition) is 3. The van der Waals surface area contributed by atoms with E-state index < -0.39 is 0 Å². The molecule has 0 saturated carbocycles. The van der Waals surface area contributed by atoms with Gasteiger partial charge in [0.2, 0.25) is 0 Å². The molecule has 1 aromatic rings. The third-order valence-corrected chi connectivity index (χ3v) is 2.35. The summed E-state index contributed by atoms with van der Waals surface area (Å²) in [6, 6.07) is 3.83. The highest BCUT2D eigenvalue weighted by molar-refractivity contribution is 5.01. The van der Waals surface area contributed by atoms with Crippen molar-refractivity contribution in [2.45, 2.75) is 12.5 Å². The Bertz CT molecular complexity index is 233. The number of hydrogen-bond donors (Lipinski definition) is 2. The zero-order chi connectivity index (χ0) is 8.39. The van der Waals surface area contributed by atoms with Crippen LogP contribution in [0.1, 0.15) is 5.76 Å². The maximum Gasteiger partial charge on any atom is 0.104 e. The van der Waals surface area contributed by atoms with Gasteiger partial charge in [-0.15, -0.1) is 0 Å². The summed E-state index contributed by atoms with van der Waals surface area (Å²) in [6.45, 7) is 1.60. The van der Waals surface area contributed by atoms with Crippen molar-refractivity contribution in [3.05, 3.63) is 24.2 Å². The molecule has 2 N–H and O–H groups in total. The first kappa shape index (κ1) is 7.83. The highest BCUT2D eigenvalue weighted by Gasteiger charge is 2.25. The van der Waals surface area contributed by atoms with Crippen LogP contribution in [0.25, 0.3) is 0 Å². The molecule has 0 aromatic carbocycles. The average Bonchev–Trinajstić information content (AvgIpc) is 2.65. The molecule has 0 radical (unpaired) electrons. The van der Waals surface area contributed by atoms with Crippen molar-refractivity contribution in [3.63, 3.8) is 0 Å². The van der Waals surface area contributed by atoms with Crippen LogP contribution in [-0.4, -0.2) is 24.3 Å². The number of aliphatic hydroxyl groups excluding tert-OH is 1. The molecule has 2 unspecified atom stereocenters. The summed E-state index contributed by atoms with van der Waals surface area (Å²) in [5.41, 5.74) is 0. The summed E-state index contributed by atoms with van der Waals surface area (Å²) in [4.78, 5) is 0. The molecule has 2 atom stereocenters. The summed E-state index contributed by atoms with van der Waals surface area (Å²) in [5, 5.41) is 12.6. The molecule has 1 aromatic heterocycles. The first-order chi connectivity index (χ1) is 5.86. The minimum Gasteiger partial charge on any atom is -0.469 e. The molecule has 0 bridgehead atoms. The second-order valence-electron chi connectivity index (χ2n) is 3.27. The topological polar surface area (TPSA) is 45.4 Å². The zero-order valence-corrected chi connectivity index (χ0v) is 6.86. The second-order valence-corrected chi connectivity index (χ2v) is 3.27. The maximum atomic E-state index is 9.48. The first-order valence-electron chi connectivity index (χ1n) is 4.27. The Kier molecular flexibility index (Phi) is 2.15. The molecule has 1 saturated heterocycles. The van der Waals surface area contributed by atoms with Crippen LogP contribution in [-0.2, 0) is 6.42 Å². The van der Waals surface area contributed by atoms with E-state index in [1.54, 1.807) is 6.26 Å². The minimum atomic E-state index is -0.213. The van der Waals surface area contributed by atoms with Crippen molar-refractivity contribution in [2.75, 3.05) is 13.1 Å². The Morgan fingerprint density at radius 2 is 2.50 bits per heavy atom. The molecule has 66 valence electrons. The van der Waals surface area contributed by atoms with Crippen LogP contribution in [0.2, 0.25) is 0 Å². The van der Waals surface area contributed by atoms with E-state index in [1.165, 1.54) is 0 Å². The molecule has 2 rings (SSSR count). The molecule has 3 nitrogen and oxygen atoms in total. The van der Waals surface area contributed by atoms with Crippen LogP contribution < -0.4 is 5.32 Å². The van der Waals surface area contributed by atoms with Crippen LogP contribution in [0.15, 0.2) is 22.8 Å². The van der Waals surface area contributed by atoms with Crippen LogP contribution in [0.4, 0.5) is 0 Å². The van der Waals surface area contributed by atoms with Crippen molar-refractivity contribution < 1.29 is 9.52 Å². The van der Waals surface area contributed by atoms with Gasteiger partial charge >= 0.3 is 0 Å². The normalized spacial score (nSPS) is 29.4. The van der Waals surface area contributed by atoms with Crippen molar-refractivity contribution >= 4 is 0 Å². The number of rotatable bonds is 2. The fourth-order valence-electron chi connectivity index (χ4n) is 1.61. The van der Waals surface area contributed by atoms with E-state index in [1.807, 2.05) is 12.1 Å². The van der Waals surface area contributed by atoms with Gasteiger partial charge in [-0.3, -0.25) is 0 Å². The second kappa shape index (κ2) is 3.29. The standard InChI is InChI=1S/C9H13NO2/c11-9-6-10-5-7(9)4-8-2-1-3-12-8/h1-3,7,9-11H,4-6H2. The molecule has 1 aliphatic rings. The molecular weight excluding hydrogens is 154 g/mol. The van der Waals surface area contributed by atoms with Gasteiger partial charge in [0.1, 0.15) is 5.76 Å². The molecule has 0 amide bonds. The van der Waals surface area contributed by atoms with E-state index in [0.29, 0.717) is 12.5 Å². The minimum absolute atomic E-state index is 0.213. The fourth-order valence-corrected chi connectivity index (χ4v) is 1.61. The van der Waals surface area contributed by atoms with Crippen molar-refractivity contribution in [2.24, 2.45) is 5.92 Å². The average molecular weight is 167 g/mol. The monoisotopic (exact) mass is 167 g/mol. The van der Waals surface area contributed by atoms with Gasteiger partial charge in [0.15, 0.2) is 0 Å². The smallest absolute Gasteiger partial charge is 0.104 e. The Morgan fingerprint density at radius 1 is 1.58 bits per heavy atom. The van der Waals surface area contributed by atoms with E-state index in [9.17, 15) is 5.11 Å². The van der Waals surface area contributed by atoms with Gasteiger partial charge in [-0.1, -0.05) is 0 Å². The SMILES string of the molecule is OC1CNCC1Cc1ccco1. The largest absolute Gasteiger partial charge is 0.469 e. The lowest BCUT2D eigenvalue weighted by Crippen LogP contribution is -2.19. The van der Waals surface area contributed by atoms with Gasteiger partial charge in [-0.2, -0.15) is 0 Å². The van der Waals surface area contributed by atoms with Gasteiger partial charge in [-0.25, -0.2) is 0 Å². The van der Waals surface area contributed by atoms with E-state index >= 15 is 0 Å². The summed E-state index contributed by atoms with van der Waals surface area (Å²) in [5.74, 6) is 1.28. The number of furan rings is 1. The van der Waals surface area contributed by atoms with Gasteiger partial charge in [0, 0.05) is 25.4 Å². The summed E-state index contributed by atoms with van der Waals surface area (Å²) >= 11 is 0. The van der Waals surface area contributed by atoms with Gasteiger partial charge in [-0.05, 0) is 12.1 Å². The Morgan fingerprint density at radius 3 is 3.08 bits per heavy atom. The summed E-state index contributed by atoms with van der Waals surface area (Å²) in [7, 11) is 0. The van der Waals surface area contributed by atoms with Crippen molar-refractivity contribution in [1.29, 1.82) is 0 Å². The molecule has 2 heterocycles. The first-order valence-corrected chi connectivity index (χ1v) is 4.27. The third kappa shape index (κ3) is 1.52. The predicted molar refractivity (Wildman–Crippen MR) is 44.8 cm³/mol. The van der Waals surface area contributed by atoms with E-state index in [2.05, 4.69) is 5.32 Å². The van der Waals surface area contributed by atoms with Crippen molar-refractivity contribution in [3.8, 4) is 0 Å². The summed E-state index contributed by atoms with van der Waals surface area (Å²) < 4.78 is 5.20. The van der Waals surface area contributed by atoms with E-state index in [-0.39, 0.29) is 6.10 Å². The molecule has 3 heteroatoms. The quantitative estimate of drug-likeness (QED) is 0.670. The lowest BCUT2D eigenvalue weighted by atomic mass is 10.0. The van der Waals surface area contributed by atoms with Gasteiger partial charge in [0.05, 0.1) is 12.4 Å². The summed E-state index contributed by atoms with van der Waals surface area (Å²) in [6.07, 6.45) is 2.29. The Hall–Kier alpha value is -0.800. The highest BCUT2D eigenvalue weighted by atomic mass is 16.3. The van der Waals surface area contributed by atoms with Crippen LogP contribution in [0, 0.1) is 5.92 Å². The predicted octanol–water partition coefficient (Wildman–Crippen LogP) is 0.402. The zero-order valence-electron chi connectivity index (χ0n) is 6.86.